The minimum atomic E-state index is 0.0450. The van der Waals surface area contributed by atoms with Crippen LogP contribution in [-0.4, -0.2) is 43.5 Å². The van der Waals surface area contributed by atoms with Crippen molar-refractivity contribution in [3.05, 3.63) is 0 Å². The number of rotatable bonds is 3. The molecule has 0 radical (unpaired) electrons. The molecule has 2 fully saturated rings. The number of amides is 1. The molecule has 0 aromatic heterocycles. The van der Waals surface area contributed by atoms with Gasteiger partial charge in [0.05, 0.1) is 5.92 Å². The van der Waals surface area contributed by atoms with Gasteiger partial charge in [0.25, 0.3) is 0 Å². The smallest absolute Gasteiger partial charge is 0.224 e. The highest BCUT2D eigenvalue weighted by Gasteiger charge is 2.32. The van der Waals surface area contributed by atoms with Crippen LogP contribution in [0.25, 0.3) is 0 Å². The number of hydrogen-bond donors (Lipinski definition) is 2. The van der Waals surface area contributed by atoms with Crippen molar-refractivity contribution in [2.75, 3.05) is 26.7 Å². The summed E-state index contributed by atoms with van der Waals surface area (Å²) in [6.45, 7) is 5.37. The van der Waals surface area contributed by atoms with Gasteiger partial charge in [-0.3, -0.25) is 4.79 Å². The van der Waals surface area contributed by atoms with E-state index in [2.05, 4.69) is 24.2 Å². The van der Waals surface area contributed by atoms with Gasteiger partial charge in [-0.2, -0.15) is 0 Å². The van der Waals surface area contributed by atoms with Crippen molar-refractivity contribution >= 4 is 5.91 Å². The van der Waals surface area contributed by atoms with Gasteiger partial charge in [-0.15, -0.1) is 0 Å². The highest BCUT2D eigenvalue weighted by atomic mass is 16.1. The zero-order valence-electron chi connectivity index (χ0n) is 12.5. The largest absolute Gasteiger partial charge is 0.355 e. The van der Waals surface area contributed by atoms with Crippen molar-refractivity contribution in [1.29, 1.82) is 0 Å². The Morgan fingerprint density at radius 2 is 1.95 bits per heavy atom. The van der Waals surface area contributed by atoms with E-state index in [1.807, 2.05) is 0 Å². The van der Waals surface area contributed by atoms with E-state index in [0.717, 1.165) is 38.9 Å². The second kappa shape index (κ2) is 6.23. The van der Waals surface area contributed by atoms with Crippen molar-refractivity contribution in [1.82, 2.24) is 10.2 Å². The monoisotopic (exact) mass is 267 g/mol. The summed E-state index contributed by atoms with van der Waals surface area (Å²) in [4.78, 5) is 14.6. The fourth-order valence-electron chi connectivity index (χ4n) is 3.25. The Bertz CT molecular complexity index is 311. The van der Waals surface area contributed by atoms with Gasteiger partial charge >= 0.3 is 0 Å². The molecule has 4 heteroatoms. The summed E-state index contributed by atoms with van der Waals surface area (Å²) in [5, 5.41) is 3.17. The van der Waals surface area contributed by atoms with E-state index < -0.39 is 0 Å². The van der Waals surface area contributed by atoms with Gasteiger partial charge in [0.1, 0.15) is 0 Å². The molecule has 1 saturated carbocycles. The van der Waals surface area contributed by atoms with Crippen LogP contribution in [0.2, 0.25) is 0 Å². The van der Waals surface area contributed by atoms with Crippen LogP contribution >= 0.6 is 0 Å². The Labute approximate surface area is 117 Å². The maximum Gasteiger partial charge on any atom is 0.224 e. The topological polar surface area (TPSA) is 58.4 Å². The fourth-order valence-corrected chi connectivity index (χ4v) is 3.25. The first-order chi connectivity index (χ1) is 9.00. The minimum Gasteiger partial charge on any atom is -0.355 e. The molecule has 0 aromatic carbocycles. The zero-order chi connectivity index (χ0) is 13.9. The van der Waals surface area contributed by atoms with Gasteiger partial charge in [-0.25, -0.2) is 0 Å². The van der Waals surface area contributed by atoms with E-state index in [9.17, 15) is 4.79 Å². The summed E-state index contributed by atoms with van der Waals surface area (Å²) in [6, 6.07) is 0.0686. The first kappa shape index (κ1) is 14.8. The molecule has 0 bridgehead atoms. The third-order valence-electron chi connectivity index (χ3n) is 5.04. The van der Waals surface area contributed by atoms with Gasteiger partial charge in [0.15, 0.2) is 0 Å². The number of nitrogens with one attached hydrogen (secondary N) is 1. The van der Waals surface area contributed by atoms with E-state index in [4.69, 9.17) is 5.73 Å². The lowest BCUT2D eigenvalue weighted by Crippen LogP contribution is -2.48. The van der Waals surface area contributed by atoms with Crippen molar-refractivity contribution in [3.63, 3.8) is 0 Å². The third kappa shape index (κ3) is 3.93. The summed E-state index contributed by atoms with van der Waals surface area (Å²) < 4.78 is 0. The third-order valence-corrected chi connectivity index (χ3v) is 5.04. The Kier molecular flexibility index (Phi) is 4.85. The first-order valence-corrected chi connectivity index (χ1v) is 7.72. The van der Waals surface area contributed by atoms with Gasteiger partial charge < -0.3 is 16.0 Å². The van der Waals surface area contributed by atoms with E-state index in [1.54, 1.807) is 0 Å². The quantitative estimate of drug-likeness (QED) is 0.811. The van der Waals surface area contributed by atoms with Crippen molar-refractivity contribution in [2.45, 2.75) is 51.5 Å². The van der Waals surface area contributed by atoms with Crippen LogP contribution in [0.4, 0.5) is 0 Å². The normalized spacial score (nSPS) is 31.9. The highest BCUT2D eigenvalue weighted by molar-refractivity contribution is 5.79. The molecule has 2 unspecified atom stereocenters. The molecule has 110 valence electrons. The van der Waals surface area contributed by atoms with Gasteiger partial charge in [0, 0.05) is 12.6 Å². The van der Waals surface area contributed by atoms with Crippen LogP contribution < -0.4 is 11.1 Å². The Morgan fingerprint density at radius 1 is 1.32 bits per heavy atom. The van der Waals surface area contributed by atoms with E-state index in [1.165, 1.54) is 19.3 Å². The fraction of sp³-hybridized carbons (Fsp3) is 0.933. The predicted molar refractivity (Wildman–Crippen MR) is 77.8 cm³/mol. The summed E-state index contributed by atoms with van der Waals surface area (Å²) in [5.41, 5.74) is 6.34. The van der Waals surface area contributed by atoms with Gasteiger partial charge in [0.2, 0.25) is 5.91 Å². The molecule has 2 rings (SSSR count). The standard InChI is InChI=1S/C15H29N3O/c1-15(7-9-18(2)10-8-15)11-17-14(19)12-5-3-4-6-13(12)16/h12-13H,3-11,16H2,1-2H3,(H,17,19). The summed E-state index contributed by atoms with van der Waals surface area (Å²) in [6.07, 6.45) is 6.62. The Balaban J connectivity index is 1.79. The molecule has 1 saturated heterocycles. The van der Waals surface area contributed by atoms with E-state index in [0.29, 0.717) is 0 Å². The number of carbonyl (C=O) groups is 1. The lowest BCUT2D eigenvalue weighted by Gasteiger charge is -2.38. The van der Waals surface area contributed by atoms with Crippen LogP contribution in [0, 0.1) is 11.3 Å². The SMILES string of the molecule is CN1CCC(C)(CNC(=O)C2CCCCC2N)CC1. The number of carbonyl (C=O) groups excluding carboxylic acids is 1. The van der Waals surface area contributed by atoms with E-state index in [-0.39, 0.29) is 23.3 Å². The molecule has 1 aliphatic carbocycles. The number of nitrogens with zero attached hydrogens (tertiary/aromatic N) is 1. The summed E-state index contributed by atoms with van der Waals surface area (Å²) in [7, 11) is 2.17. The average molecular weight is 267 g/mol. The Morgan fingerprint density at radius 3 is 2.58 bits per heavy atom. The molecule has 0 aromatic rings. The first-order valence-electron chi connectivity index (χ1n) is 7.72. The maximum absolute atomic E-state index is 12.3. The molecular weight excluding hydrogens is 238 g/mol. The van der Waals surface area contributed by atoms with Crippen LogP contribution in [-0.2, 0) is 4.79 Å². The van der Waals surface area contributed by atoms with Crippen LogP contribution in [0.3, 0.4) is 0 Å². The summed E-state index contributed by atoms with van der Waals surface area (Å²) >= 11 is 0. The number of nitrogens with two attached hydrogens (primary N) is 1. The van der Waals surface area contributed by atoms with Crippen molar-refractivity contribution < 1.29 is 4.79 Å². The molecule has 2 aliphatic rings. The number of piperidine rings is 1. The molecule has 2 atom stereocenters. The number of hydrogen-bond acceptors (Lipinski definition) is 3. The second-order valence-corrected chi connectivity index (χ2v) is 6.89. The molecule has 1 aliphatic heterocycles. The van der Waals surface area contributed by atoms with E-state index >= 15 is 0 Å². The lowest BCUT2D eigenvalue weighted by atomic mass is 9.79. The molecule has 19 heavy (non-hydrogen) atoms. The minimum absolute atomic E-state index is 0.0450. The van der Waals surface area contributed by atoms with Gasteiger partial charge in [-0.1, -0.05) is 19.8 Å². The summed E-state index contributed by atoms with van der Waals surface area (Å²) in [5.74, 6) is 0.232. The Hall–Kier alpha value is -0.610. The molecule has 4 nitrogen and oxygen atoms in total. The van der Waals surface area contributed by atoms with Crippen molar-refractivity contribution in [2.24, 2.45) is 17.1 Å². The molecular formula is C15H29N3O. The molecule has 1 heterocycles. The van der Waals surface area contributed by atoms with Crippen LogP contribution in [0.1, 0.15) is 45.4 Å². The van der Waals surface area contributed by atoms with Crippen LogP contribution in [0.15, 0.2) is 0 Å². The second-order valence-electron chi connectivity index (χ2n) is 6.89. The zero-order valence-corrected chi connectivity index (χ0v) is 12.5. The molecule has 0 spiro atoms. The predicted octanol–water partition coefficient (Wildman–Crippen LogP) is 1.35. The molecule has 3 N–H and O–H groups in total. The number of likely N-dealkylation sites (tertiary alicyclic amines) is 1. The van der Waals surface area contributed by atoms with Gasteiger partial charge in [-0.05, 0) is 51.2 Å². The molecule has 1 amide bonds. The lowest BCUT2D eigenvalue weighted by molar-refractivity contribution is -0.127. The maximum atomic E-state index is 12.3. The van der Waals surface area contributed by atoms with Crippen LogP contribution in [0.5, 0.6) is 0 Å². The van der Waals surface area contributed by atoms with Crippen molar-refractivity contribution in [3.8, 4) is 0 Å². The average Bonchev–Trinajstić information content (AvgIpc) is 2.41. The highest BCUT2D eigenvalue weighted by Crippen LogP contribution is 2.30.